The Morgan fingerprint density at radius 1 is 1.39 bits per heavy atom. The number of hydrogen-bond donors (Lipinski definition) is 2. The van der Waals surface area contributed by atoms with Crippen LogP contribution in [0.1, 0.15) is 18.0 Å². The van der Waals surface area contributed by atoms with Crippen molar-refractivity contribution in [3.8, 4) is 6.07 Å². The summed E-state index contributed by atoms with van der Waals surface area (Å²) in [6, 6.07) is 9.01. The van der Waals surface area contributed by atoms with Gasteiger partial charge in [0.25, 0.3) is 0 Å². The van der Waals surface area contributed by atoms with Crippen molar-refractivity contribution in [2.75, 3.05) is 5.75 Å². The number of nitriles is 1. The van der Waals surface area contributed by atoms with Crippen LogP contribution in [0.15, 0.2) is 30.3 Å². The molecule has 0 aliphatic carbocycles. The second-order valence-corrected chi connectivity index (χ2v) is 5.35. The summed E-state index contributed by atoms with van der Waals surface area (Å²) < 4.78 is 25.1. The lowest BCUT2D eigenvalue weighted by molar-refractivity contribution is -0.137. The fourth-order valence-electron chi connectivity index (χ4n) is 1.43. The summed E-state index contributed by atoms with van der Waals surface area (Å²) in [5.41, 5.74) is 0.543. The zero-order valence-electron chi connectivity index (χ0n) is 9.41. The topological polar surface area (TPSA) is 107 Å². The third-order valence-corrected chi connectivity index (χ3v) is 3.31. The lowest BCUT2D eigenvalue weighted by Gasteiger charge is -2.16. The van der Waals surface area contributed by atoms with Gasteiger partial charge in [-0.1, -0.05) is 30.3 Å². The highest BCUT2D eigenvalue weighted by atomic mass is 32.2. The van der Waals surface area contributed by atoms with Crippen LogP contribution in [0, 0.1) is 11.3 Å². The van der Waals surface area contributed by atoms with Gasteiger partial charge in [0.05, 0.1) is 18.5 Å². The van der Waals surface area contributed by atoms with Crippen LogP contribution in [-0.2, 0) is 14.8 Å². The Morgan fingerprint density at radius 3 is 2.50 bits per heavy atom. The van der Waals surface area contributed by atoms with Gasteiger partial charge < -0.3 is 5.11 Å². The minimum absolute atomic E-state index is 0.380. The van der Waals surface area contributed by atoms with Crippen molar-refractivity contribution in [3.63, 3.8) is 0 Å². The highest BCUT2D eigenvalue weighted by Gasteiger charge is 2.21. The first-order chi connectivity index (χ1) is 8.44. The molecule has 18 heavy (non-hydrogen) atoms. The van der Waals surface area contributed by atoms with Crippen LogP contribution in [0.4, 0.5) is 0 Å². The number of benzene rings is 1. The van der Waals surface area contributed by atoms with E-state index in [1.165, 1.54) is 6.07 Å². The lowest BCUT2D eigenvalue weighted by Crippen LogP contribution is -2.31. The van der Waals surface area contributed by atoms with Crippen molar-refractivity contribution in [1.82, 2.24) is 4.72 Å². The molecule has 96 valence electrons. The molecule has 0 radical (unpaired) electrons. The van der Waals surface area contributed by atoms with Crippen LogP contribution in [0.3, 0.4) is 0 Å². The zero-order valence-corrected chi connectivity index (χ0v) is 10.2. The van der Waals surface area contributed by atoms with E-state index in [1.807, 2.05) is 0 Å². The Morgan fingerprint density at radius 2 is 2.00 bits per heavy atom. The van der Waals surface area contributed by atoms with Crippen molar-refractivity contribution in [1.29, 1.82) is 5.26 Å². The van der Waals surface area contributed by atoms with Crippen LogP contribution in [0.2, 0.25) is 0 Å². The van der Waals surface area contributed by atoms with Gasteiger partial charge >= 0.3 is 5.97 Å². The van der Waals surface area contributed by atoms with E-state index >= 15 is 0 Å². The molecule has 1 unspecified atom stereocenters. The van der Waals surface area contributed by atoms with Crippen molar-refractivity contribution in [2.45, 2.75) is 12.5 Å². The summed E-state index contributed by atoms with van der Waals surface area (Å²) in [4.78, 5) is 10.7. The molecule has 1 rings (SSSR count). The van der Waals surface area contributed by atoms with E-state index in [4.69, 9.17) is 10.4 Å². The molecule has 7 heteroatoms. The third kappa shape index (κ3) is 4.53. The van der Waals surface area contributed by atoms with Gasteiger partial charge in [-0.05, 0) is 5.56 Å². The lowest BCUT2D eigenvalue weighted by atomic mass is 10.1. The Labute approximate surface area is 105 Å². The maximum absolute atomic E-state index is 11.5. The Bertz CT molecular complexity index is 548. The normalized spacial score (nSPS) is 12.6. The fraction of sp³-hybridized carbons (Fsp3) is 0.273. The SMILES string of the molecule is N#CCS(=O)(=O)NC(CC(=O)O)c1ccccc1. The number of hydrogen-bond acceptors (Lipinski definition) is 4. The largest absolute Gasteiger partial charge is 0.481 e. The van der Waals surface area contributed by atoms with Crippen molar-refractivity contribution < 1.29 is 18.3 Å². The molecule has 0 aromatic heterocycles. The first kappa shape index (κ1) is 14.2. The fourth-order valence-corrected chi connectivity index (χ4v) is 2.34. The number of aliphatic carboxylic acids is 1. The average Bonchev–Trinajstić information content (AvgIpc) is 2.28. The van der Waals surface area contributed by atoms with Crippen molar-refractivity contribution >= 4 is 16.0 Å². The van der Waals surface area contributed by atoms with Crippen LogP contribution in [0.5, 0.6) is 0 Å². The van der Waals surface area contributed by atoms with Gasteiger partial charge in [0.15, 0.2) is 5.75 Å². The summed E-state index contributed by atoms with van der Waals surface area (Å²) in [6.45, 7) is 0. The van der Waals surface area contributed by atoms with Crippen LogP contribution >= 0.6 is 0 Å². The van der Waals surface area contributed by atoms with E-state index in [0.29, 0.717) is 5.56 Å². The molecule has 0 fully saturated rings. The van der Waals surface area contributed by atoms with Gasteiger partial charge in [0.2, 0.25) is 10.0 Å². The second kappa shape index (κ2) is 6.14. The van der Waals surface area contributed by atoms with E-state index in [9.17, 15) is 13.2 Å². The Kier molecular flexibility index (Phi) is 4.83. The van der Waals surface area contributed by atoms with Gasteiger partial charge in [-0.25, -0.2) is 13.1 Å². The number of sulfonamides is 1. The van der Waals surface area contributed by atoms with Crippen LogP contribution < -0.4 is 4.72 Å². The standard InChI is InChI=1S/C11H12N2O4S/c12-6-7-18(16,17)13-10(8-11(14)15)9-4-2-1-3-5-9/h1-5,10,13H,7-8H2,(H,14,15). The van der Waals surface area contributed by atoms with E-state index in [-0.39, 0.29) is 6.42 Å². The number of carbonyl (C=O) groups is 1. The van der Waals surface area contributed by atoms with Crippen molar-refractivity contribution in [2.24, 2.45) is 0 Å². The summed E-state index contributed by atoms with van der Waals surface area (Å²) in [7, 11) is -3.80. The van der Waals surface area contributed by atoms with Crippen LogP contribution in [0.25, 0.3) is 0 Å². The molecule has 1 atom stereocenters. The number of rotatable bonds is 6. The van der Waals surface area contributed by atoms with E-state index < -0.39 is 27.8 Å². The Hall–Kier alpha value is -1.91. The molecule has 0 aliphatic heterocycles. The molecule has 1 aromatic rings. The van der Waals surface area contributed by atoms with E-state index in [0.717, 1.165) is 0 Å². The first-order valence-corrected chi connectivity index (χ1v) is 6.73. The quantitative estimate of drug-likeness (QED) is 0.787. The molecule has 0 heterocycles. The highest BCUT2D eigenvalue weighted by Crippen LogP contribution is 2.17. The van der Waals surface area contributed by atoms with Gasteiger partial charge in [-0.2, -0.15) is 5.26 Å². The smallest absolute Gasteiger partial charge is 0.305 e. The molecule has 0 amide bonds. The third-order valence-electron chi connectivity index (χ3n) is 2.16. The maximum Gasteiger partial charge on any atom is 0.305 e. The zero-order chi connectivity index (χ0) is 13.6. The minimum atomic E-state index is -3.80. The average molecular weight is 268 g/mol. The molecule has 2 N–H and O–H groups in total. The molecule has 0 saturated carbocycles. The Balaban J connectivity index is 2.94. The molecule has 0 saturated heterocycles. The molecular formula is C11H12N2O4S. The van der Waals surface area contributed by atoms with E-state index in [1.54, 1.807) is 30.3 Å². The number of carboxylic acids is 1. The van der Waals surface area contributed by atoms with Crippen LogP contribution in [-0.4, -0.2) is 25.2 Å². The molecule has 1 aromatic carbocycles. The summed E-state index contributed by atoms with van der Waals surface area (Å²) >= 11 is 0. The number of nitrogens with one attached hydrogen (secondary N) is 1. The van der Waals surface area contributed by atoms with Gasteiger partial charge in [0, 0.05) is 0 Å². The predicted molar refractivity (Wildman–Crippen MR) is 64.0 cm³/mol. The molecule has 0 spiro atoms. The number of carboxylic acid groups (broad SMARTS) is 1. The van der Waals surface area contributed by atoms with E-state index in [2.05, 4.69) is 4.72 Å². The second-order valence-electron chi connectivity index (χ2n) is 3.60. The molecular weight excluding hydrogens is 256 g/mol. The molecule has 6 nitrogen and oxygen atoms in total. The molecule has 0 bridgehead atoms. The predicted octanol–water partition coefficient (Wildman–Crippen LogP) is 0.645. The summed E-state index contributed by atoms with van der Waals surface area (Å²) in [5.74, 6) is -1.82. The van der Waals surface area contributed by atoms with Crippen molar-refractivity contribution in [3.05, 3.63) is 35.9 Å². The molecule has 0 aliphatic rings. The minimum Gasteiger partial charge on any atom is -0.481 e. The summed E-state index contributed by atoms with van der Waals surface area (Å²) in [5, 5.41) is 17.2. The maximum atomic E-state index is 11.5. The highest BCUT2D eigenvalue weighted by molar-refractivity contribution is 7.89. The van der Waals surface area contributed by atoms with Gasteiger partial charge in [-0.3, -0.25) is 4.79 Å². The van der Waals surface area contributed by atoms with Gasteiger partial charge in [-0.15, -0.1) is 0 Å². The number of nitrogens with zero attached hydrogens (tertiary/aromatic N) is 1. The first-order valence-electron chi connectivity index (χ1n) is 5.08. The van der Waals surface area contributed by atoms with Gasteiger partial charge in [0.1, 0.15) is 0 Å². The summed E-state index contributed by atoms with van der Waals surface area (Å²) in [6.07, 6.45) is -0.380. The monoisotopic (exact) mass is 268 g/mol.